The van der Waals surface area contributed by atoms with Gasteiger partial charge in [0.2, 0.25) is 0 Å². The number of amidine groups is 1. The number of ether oxygens (including phenoxy) is 1. The van der Waals surface area contributed by atoms with E-state index in [1.807, 2.05) is 0 Å². The van der Waals surface area contributed by atoms with Gasteiger partial charge < -0.3 is 26.3 Å². The number of nitrogens with one attached hydrogen (secondary N) is 2. The standard InChI is InChI=1S/C23H23N5O6S/c24-19(29)12-34-14-9-10-16-18(11-14)35(32,33)27-22(25-16)20-21(30)15-7-3-4-8-17(15)28(23(20)31)26-13-5-1-2-6-13/h3-4,7-11,13,26,30H,1-2,5-6,12H2,(H2,24,29)(H,25,27). The summed E-state index contributed by atoms with van der Waals surface area (Å²) in [5, 5.41) is 14.3. The van der Waals surface area contributed by atoms with Crippen molar-refractivity contribution < 1.29 is 23.1 Å². The molecular formula is C23H23N5O6S. The van der Waals surface area contributed by atoms with Crippen molar-refractivity contribution in [3.05, 3.63) is 58.4 Å². The van der Waals surface area contributed by atoms with Crippen molar-refractivity contribution in [1.29, 1.82) is 0 Å². The Labute approximate surface area is 200 Å². The summed E-state index contributed by atoms with van der Waals surface area (Å²) in [6.45, 7) is -0.417. The number of hydrogen-bond acceptors (Lipinski definition) is 8. The zero-order chi connectivity index (χ0) is 24.7. The van der Waals surface area contributed by atoms with Gasteiger partial charge in [0.25, 0.3) is 21.5 Å². The van der Waals surface area contributed by atoms with E-state index in [4.69, 9.17) is 10.5 Å². The van der Waals surface area contributed by atoms with Crippen LogP contribution in [0.15, 0.2) is 56.6 Å². The normalized spacial score (nSPS) is 16.9. The van der Waals surface area contributed by atoms with Gasteiger partial charge in [0.15, 0.2) is 12.4 Å². The molecular weight excluding hydrogens is 474 g/mol. The fraction of sp³-hybridized carbons (Fsp3) is 0.261. The van der Waals surface area contributed by atoms with Crippen LogP contribution >= 0.6 is 0 Å². The Bertz CT molecular complexity index is 1540. The number of para-hydroxylation sites is 1. The number of nitrogens with zero attached hydrogens (tertiary/aromatic N) is 2. The molecule has 0 bridgehead atoms. The van der Waals surface area contributed by atoms with Crippen molar-refractivity contribution in [2.24, 2.45) is 10.1 Å². The van der Waals surface area contributed by atoms with Crippen molar-refractivity contribution in [3.63, 3.8) is 0 Å². The summed E-state index contributed by atoms with van der Waals surface area (Å²) in [5.74, 6) is -1.26. The van der Waals surface area contributed by atoms with Gasteiger partial charge in [-0.25, -0.2) is 4.68 Å². The highest BCUT2D eigenvalue weighted by Crippen LogP contribution is 2.34. The largest absolute Gasteiger partial charge is 0.506 e. The number of anilines is 1. The molecule has 2 heterocycles. The molecule has 5 N–H and O–H groups in total. The number of carbonyl (C=O) groups excluding carboxylic acids is 1. The van der Waals surface area contributed by atoms with Crippen molar-refractivity contribution in [3.8, 4) is 11.5 Å². The topological polar surface area (TPSA) is 165 Å². The Hall–Kier alpha value is -4.06. The van der Waals surface area contributed by atoms with E-state index in [1.54, 1.807) is 24.3 Å². The predicted octanol–water partition coefficient (Wildman–Crippen LogP) is 1.62. The zero-order valence-corrected chi connectivity index (χ0v) is 19.3. The Balaban J connectivity index is 1.62. The Morgan fingerprint density at radius 3 is 2.71 bits per heavy atom. The molecule has 0 saturated heterocycles. The summed E-state index contributed by atoms with van der Waals surface area (Å²) >= 11 is 0. The van der Waals surface area contributed by atoms with E-state index in [0.29, 0.717) is 10.9 Å². The lowest BCUT2D eigenvalue weighted by Gasteiger charge is -2.23. The van der Waals surface area contributed by atoms with Crippen LogP contribution in [0, 0.1) is 0 Å². The summed E-state index contributed by atoms with van der Waals surface area (Å²) in [5.41, 5.74) is 8.03. The first-order valence-corrected chi connectivity index (χ1v) is 12.5. The molecule has 2 aliphatic rings. The summed E-state index contributed by atoms with van der Waals surface area (Å²) in [6, 6.07) is 11.0. The molecule has 0 radical (unpaired) electrons. The summed E-state index contributed by atoms with van der Waals surface area (Å²) < 4.78 is 36.4. The van der Waals surface area contributed by atoms with Gasteiger partial charge in [0.1, 0.15) is 22.0 Å². The molecule has 1 fully saturated rings. The third-order valence-corrected chi connectivity index (χ3v) is 7.35. The van der Waals surface area contributed by atoms with Crippen molar-refractivity contribution in [2.75, 3.05) is 17.3 Å². The van der Waals surface area contributed by atoms with Crippen LogP contribution in [0.3, 0.4) is 0 Å². The van der Waals surface area contributed by atoms with Crippen LogP contribution in [0.5, 0.6) is 11.5 Å². The second-order valence-corrected chi connectivity index (χ2v) is 10.0. The number of carbonyl (C=O) groups is 1. The number of fused-ring (bicyclic) bond motifs is 2. The maximum atomic E-state index is 13.6. The fourth-order valence-corrected chi connectivity index (χ4v) is 5.53. The van der Waals surface area contributed by atoms with Gasteiger partial charge in [-0.2, -0.15) is 8.42 Å². The molecule has 1 amide bonds. The van der Waals surface area contributed by atoms with Gasteiger partial charge >= 0.3 is 0 Å². The first-order valence-electron chi connectivity index (χ1n) is 11.1. The molecule has 3 aromatic rings. The van der Waals surface area contributed by atoms with E-state index in [-0.39, 0.29) is 39.5 Å². The highest BCUT2D eigenvalue weighted by atomic mass is 32.2. The van der Waals surface area contributed by atoms with Crippen molar-refractivity contribution in [2.45, 2.75) is 36.6 Å². The van der Waals surface area contributed by atoms with Crippen molar-refractivity contribution in [1.82, 2.24) is 4.68 Å². The summed E-state index contributed by atoms with van der Waals surface area (Å²) in [6.07, 6.45) is 3.89. The first-order chi connectivity index (χ1) is 16.7. The van der Waals surface area contributed by atoms with E-state index in [9.17, 15) is 23.1 Å². The highest BCUT2D eigenvalue weighted by Gasteiger charge is 2.31. The van der Waals surface area contributed by atoms with Crippen LogP contribution in [0.2, 0.25) is 0 Å². The number of pyridine rings is 1. The van der Waals surface area contributed by atoms with E-state index >= 15 is 0 Å². The van der Waals surface area contributed by atoms with Gasteiger partial charge in [-0.05, 0) is 37.1 Å². The molecule has 35 heavy (non-hydrogen) atoms. The van der Waals surface area contributed by atoms with Gasteiger partial charge in [0.05, 0.1) is 11.2 Å². The maximum absolute atomic E-state index is 13.6. The van der Waals surface area contributed by atoms with Gasteiger partial charge in [-0.15, -0.1) is 4.40 Å². The van der Waals surface area contributed by atoms with Crippen LogP contribution in [0.4, 0.5) is 5.69 Å². The third-order valence-electron chi connectivity index (χ3n) is 6.03. The minimum Gasteiger partial charge on any atom is -0.506 e. The number of primary amides is 1. The molecule has 1 aromatic heterocycles. The minimum absolute atomic E-state index is 0.0815. The zero-order valence-electron chi connectivity index (χ0n) is 18.5. The predicted molar refractivity (Wildman–Crippen MR) is 130 cm³/mol. The molecule has 182 valence electrons. The Morgan fingerprint density at radius 1 is 1.23 bits per heavy atom. The summed E-state index contributed by atoms with van der Waals surface area (Å²) in [4.78, 5) is 24.3. The van der Waals surface area contributed by atoms with E-state index in [0.717, 1.165) is 25.7 Å². The second kappa shape index (κ2) is 8.62. The van der Waals surface area contributed by atoms with Crippen LogP contribution in [0.1, 0.15) is 31.2 Å². The van der Waals surface area contributed by atoms with E-state index < -0.39 is 28.1 Å². The average molecular weight is 498 g/mol. The van der Waals surface area contributed by atoms with Crippen LogP contribution < -0.4 is 26.8 Å². The van der Waals surface area contributed by atoms with Crippen molar-refractivity contribution >= 4 is 38.4 Å². The third kappa shape index (κ3) is 4.16. The number of sulfonamides is 1. The van der Waals surface area contributed by atoms with Gasteiger partial charge in [0, 0.05) is 17.5 Å². The number of hydrogen-bond donors (Lipinski definition) is 4. The number of aromatic hydroxyl groups is 1. The summed E-state index contributed by atoms with van der Waals surface area (Å²) in [7, 11) is -4.27. The lowest BCUT2D eigenvalue weighted by molar-refractivity contribution is -0.119. The Kier molecular flexibility index (Phi) is 5.59. The average Bonchev–Trinajstić information content (AvgIpc) is 3.34. The minimum atomic E-state index is -4.27. The van der Waals surface area contributed by atoms with Crippen LogP contribution in [-0.4, -0.2) is 42.6 Å². The first kappa shape index (κ1) is 22.7. The molecule has 2 aromatic carbocycles. The maximum Gasteiger partial charge on any atom is 0.286 e. The molecule has 0 spiro atoms. The molecule has 1 aliphatic carbocycles. The second-order valence-electron chi connectivity index (χ2n) is 8.44. The van der Waals surface area contributed by atoms with E-state index in [2.05, 4.69) is 15.1 Å². The molecule has 0 unspecified atom stereocenters. The molecule has 0 atom stereocenters. The van der Waals surface area contributed by atoms with Crippen LogP contribution in [-0.2, 0) is 14.8 Å². The van der Waals surface area contributed by atoms with Gasteiger partial charge in [-0.1, -0.05) is 25.0 Å². The number of benzene rings is 2. The molecule has 1 saturated carbocycles. The van der Waals surface area contributed by atoms with E-state index in [1.165, 1.54) is 22.9 Å². The monoisotopic (exact) mass is 497 g/mol. The highest BCUT2D eigenvalue weighted by molar-refractivity contribution is 7.90. The fourth-order valence-electron chi connectivity index (χ4n) is 4.40. The number of amides is 1. The van der Waals surface area contributed by atoms with Gasteiger partial charge in [-0.3, -0.25) is 9.59 Å². The number of rotatable bonds is 6. The number of nitrogens with two attached hydrogens (primary N) is 1. The molecule has 11 nitrogen and oxygen atoms in total. The molecule has 12 heteroatoms. The number of aromatic nitrogens is 1. The quantitative estimate of drug-likeness (QED) is 0.399. The lowest BCUT2D eigenvalue weighted by Crippen LogP contribution is -2.39. The lowest BCUT2D eigenvalue weighted by atomic mass is 10.1. The molecule has 5 rings (SSSR count). The van der Waals surface area contributed by atoms with Crippen LogP contribution in [0.25, 0.3) is 10.9 Å². The Morgan fingerprint density at radius 2 is 1.97 bits per heavy atom. The smallest absolute Gasteiger partial charge is 0.286 e. The SMILES string of the molecule is NC(=O)COc1ccc2c(c1)S(=O)(=O)N=C(c1c(O)c3ccccc3n(NC3CCCC3)c1=O)N2. The molecule has 1 aliphatic heterocycles.